The van der Waals surface area contributed by atoms with Crippen molar-refractivity contribution in [2.24, 2.45) is 16.8 Å². The molecule has 3 rings (SSSR count). The molecule has 0 bridgehead atoms. The van der Waals surface area contributed by atoms with Gasteiger partial charge in [0, 0.05) is 38.7 Å². The molecule has 7 unspecified atom stereocenters. The molecule has 9 nitrogen and oxygen atoms in total. The van der Waals surface area contributed by atoms with Crippen molar-refractivity contribution in [1.82, 2.24) is 31.9 Å². The van der Waals surface area contributed by atoms with E-state index in [2.05, 4.69) is 31.9 Å². The van der Waals surface area contributed by atoms with E-state index in [0.717, 1.165) is 6.42 Å². The van der Waals surface area contributed by atoms with E-state index >= 15 is 0 Å². The summed E-state index contributed by atoms with van der Waals surface area (Å²) < 4.78 is 59.7. The zero-order valence-electron chi connectivity index (χ0n) is 20.3. The van der Waals surface area contributed by atoms with Crippen molar-refractivity contribution in [3.8, 4) is 0 Å². The van der Waals surface area contributed by atoms with Crippen LogP contribution in [0.15, 0.2) is 4.99 Å². The van der Waals surface area contributed by atoms with Crippen molar-refractivity contribution in [2.75, 3.05) is 20.7 Å². The molecule has 0 aromatic heterocycles. The first kappa shape index (κ1) is 27.1. The molecule has 1 amide bonds. The van der Waals surface area contributed by atoms with Gasteiger partial charge in [-0.05, 0) is 46.0 Å². The number of carbonyl (C=O) groups excluding carboxylic acids is 1. The first-order valence-corrected chi connectivity index (χ1v) is 11.7. The molecule has 5 N–H and O–H groups in total. The molecule has 2 aliphatic heterocycles. The minimum absolute atomic E-state index is 0.0151. The van der Waals surface area contributed by atoms with Crippen LogP contribution in [0.25, 0.3) is 0 Å². The Morgan fingerprint density at radius 3 is 2.44 bits per heavy atom. The molecule has 2 heterocycles. The van der Waals surface area contributed by atoms with E-state index in [1.54, 1.807) is 0 Å². The zero-order valence-corrected chi connectivity index (χ0v) is 20.3. The summed E-state index contributed by atoms with van der Waals surface area (Å²) in [6, 6.07) is -1.99. The third-order valence-corrected chi connectivity index (χ3v) is 6.48. The second-order valence-corrected chi connectivity index (χ2v) is 10.5. The maximum atomic E-state index is 14.3. The van der Waals surface area contributed by atoms with Gasteiger partial charge in [-0.25, -0.2) is 25.2 Å². The van der Waals surface area contributed by atoms with Crippen molar-refractivity contribution < 1.29 is 27.1 Å². The number of hydrogen-bond acceptors (Lipinski definition) is 7. The van der Waals surface area contributed by atoms with E-state index in [1.807, 2.05) is 20.8 Å². The number of rotatable bonds is 4. The average Bonchev–Trinajstić information content (AvgIpc) is 3.33. The summed E-state index contributed by atoms with van der Waals surface area (Å²) in [5, 5.41) is 6.91. The molecule has 196 valence electrons. The highest BCUT2D eigenvalue weighted by molar-refractivity contribution is 5.98. The van der Waals surface area contributed by atoms with Crippen molar-refractivity contribution in [3.63, 3.8) is 0 Å². The Balaban J connectivity index is 1.67. The molecule has 0 aromatic carbocycles. The van der Waals surface area contributed by atoms with Crippen LogP contribution in [0.1, 0.15) is 46.5 Å². The smallest absolute Gasteiger partial charge is 0.378 e. The van der Waals surface area contributed by atoms with Crippen molar-refractivity contribution in [2.45, 2.75) is 88.7 Å². The van der Waals surface area contributed by atoms with Gasteiger partial charge in [-0.1, -0.05) is 0 Å². The number of hydrazine groups is 2. The number of aliphatic imine (C=N–C) groups is 1. The second kappa shape index (κ2) is 10.6. The molecule has 3 aliphatic rings. The lowest BCUT2D eigenvalue weighted by atomic mass is 9.81. The van der Waals surface area contributed by atoms with Crippen molar-refractivity contribution in [3.05, 3.63) is 0 Å². The fourth-order valence-corrected chi connectivity index (χ4v) is 4.84. The largest absolute Gasteiger partial charge is 0.405 e. The number of amides is 1. The Hall–Kier alpha value is -1.54. The molecule has 7 atom stereocenters. The SMILES string of the molecule is COC1CCC(C2CC(/N=C(/NC(=O)C3CN(C)NC3C(F)(F)F)NC(C)(C)C)NN2)CC1F. The zero-order chi connectivity index (χ0) is 25.3. The number of hydrogen-bond donors (Lipinski definition) is 5. The van der Waals surface area contributed by atoms with Gasteiger partial charge in [0.2, 0.25) is 5.91 Å². The quantitative estimate of drug-likeness (QED) is 0.227. The fourth-order valence-electron chi connectivity index (χ4n) is 4.84. The number of methoxy groups -OCH3 is 1. The minimum atomic E-state index is -4.57. The monoisotopic (exact) mass is 495 g/mol. The Morgan fingerprint density at radius 1 is 1.15 bits per heavy atom. The summed E-state index contributed by atoms with van der Waals surface area (Å²) in [4.78, 5) is 17.4. The highest BCUT2D eigenvalue weighted by atomic mass is 19.4. The van der Waals surface area contributed by atoms with Crippen LogP contribution in [-0.2, 0) is 9.53 Å². The summed E-state index contributed by atoms with van der Waals surface area (Å²) in [5.74, 6) is -1.89. The third-order valence-electron chi connectivity index (χ3n) is 6.48. The van der Waals surface area contributed by atoms with Gasteiger partial charge in [0.25, 0.3) is 0 Å². The number of halogens is 4. The lowest BCUT2D eigenvalue weighted by Gasteiger charge is -2.33. The molecule has 2 saturated heterocycles. The minimum Gasteiger partial charge on any atom is -0.378 e. The maximum absolute atomic E-state index is 14.3. The molecule has 0 aromatic rings. The molecule has 3 fully saturated rings. The van der Waals surface area contributed by atoms with Gasteiger partial charge in [0.15, 0.2) is 5.96 Å². The van der Waals surface area contributed by atoms with E-state index in [1.165, 1.54) is 19.2 Å². The Labute approximate surface area is 197 Å². The van der Waals surface area contributed by atoms with E-state index in [-0.39, 0.29) is 30.6 Å². The van der Waals surface area contributed by atoms with Crippen molar-refractivity contribution in [1.29, 1.82) is 0 Å². The standard InChI is InChI=1S/C21H37F4N7O2/c1-20(2,3)28-19(27-18(33)12-10-32(4)31-17(12)21(23,24)25)26-16-9-14(29-30-16)11-6-7-15(34-5)13(22)8-11/h11-17,29-31H,6-10H2,1-5H3,(H2,26,27,28,33). The molecule has 0 radical (unpaired) electrons. The summed E-state index contributed by atoms with van der Waals surface area (Å²) in [6.07, 6.45) is -3.99. The molecule has 1 saturated carbocycles. The Morgan fingerprint density at radius 2 is 1.85 bits per heavy atom. The van der Waals surface area contributed by atoms with E-state index in [4.69, 9.17) is 4.74 Å². The van der Waals surface area contributed by atoms with Gasteiger partial charge in [0.1, 0.15) is 18.4 Å². The average molecular weight is 496 g/mol. The highest BCUT2D eigenvalue weighted by Gasteiger charge is 2.52. The predicted octanol–water partition coefficient (Wildman–Crippen LogP) is 1.19. The topological polar surface area (TPSA) is 102 Å². The third kappa shape index (κ3) is 7.00. The van der Waals surface area contributed by atoms with Crippen molar-refractivity contribution >= 4 is 11.9 Å². The van der Waals surface area contributed by atoms with Crippen LogP contribution < -0.4 is 26.9 Å². The van der Waals surface area contributed by atoms with Crippen LogP contribution >= 0.6 is 0 Å². The Kier molecular flexibility index (Phi) is 8.44. The van der Waals surface area contributed by atoms with Crippen LogP contribution in [0, 0.1) is 11.8 Å². The van der Waals surface area contributed by atoms with Crippen LogP contribution in [0.3, 0.4) is 0 Å². The number of carbonyl (C=O) groups is 1. The van der Waals surface area contributed by atoms with Crippen LogP contribution in [-0.4, -0.2) is 79.8 Å². The number of alkyl halides is 4. The van der Waals surface area contributed by atoms with Crippen LogP contribution in [0.5, 0.6) is 0 Å². The van der Waals surface area contributed by atoms with Crippen LogP contribution in [0.4, 0.5) is 17.6 Å². The number of guanidine groups is 1. The normalized spacial score (nSPS) is 36.0. The molecular weight excluding hydrogens is 458 g/mol. The van der Waals surface area contributed by atoms with E-state index in [9.17, 15) is 22.4 Å². The lowest BCUT2D eigenvalue weighted by Crippen LogP contribution is -2.54. The van der Waals surface area contributed by atoms with Crippen LogP contribution in [0.2, 0.25) is 0 Å². The first-order chi connectivity index (χ1) is 15.8. The summed E-state index contributed by atoms with van der Waals surface area (Å²) in [7, 11) is 2.98. The Bertz CT molecular complexity index is 746. The molecule has 1 aliphatic carbocycles. The van der Waals surface area contributed by atoms with Gasteiger partial charge in [-0.3, -0.25) is 15.5 Å². The summed E-state index contributed by atoms with van der Waals surface area (Å²) in [5.41, 5.74) is 8.03. The van der Waals surface area contributed by atoms with Gasteiger partial charge in [-0.2, -0.15) is 13.2 Å². The lowest BCUT2D eigenvalue weighted by molar-refractivity contribution is -0.168. The molecule has 13 heteroatoms. The summed E-state index contributed by atoms with van der Waals surface area (Å²) >= 11 is 0. The molecular formula is C21H37F4N7O2. The first-order valence-electron chi connectivity index (χ1n) is 11.7. The van der Waals surface area contributed by atoms with E-state index in [0.29, 0.717) is 19.3 Å². The fraction of sp³-hybridized carbons (Fsp3) is 0.905. The number of ether oxygens (including phenoxy) is 1. The molecule has 34 heavy (non-hydrogen) atoms. The van der Waals surface area contributed by atoms with Gasteiger partial charge >= 0.3 is 6.18 Å². The number of nitrogens with one attached hydrogen (secondary N) is 5. The number of nitrogens with zero attached hydrogens (tertiary/aromatic N) is 2. The predicted molar refractivity (Wildman–Crippen MR) is 119 cm³/mol. The van der Waals surface area contributed by atoms with Gasteiger partial charge < -0.3 is 10.1 Å². The summed E-state index contributed by atoms with van der Waals surface area (Å²) in [6.45, 7) is 5.49. The second-order valence-electron chi connectivity index (χ2n) is 10.5. The molecule has 0 spiro atoms. The van der Waals surface area contributed by atoms with Gasteiger partial charge in [0.05, 0.1) is 12.0 Å². The maximum Gasteiger partial charge on any atom is 0.405 e. The highest BCUT2D eigenvalue weighted by Crippen LogP contribution is 2.33. The van der Waals surface area contributed by atoms with Gasteiger partial charge in [-0.15, -0.1) is 0 Å². The van der Waals surface area contributed by atoms with E-state index < -0.39 is 41.9 Å².